The molecule has 0 saturated heterocycles. The highest BCUT2D eigenvalue weighted by Gasteiger charge is 2.28. The molecule has 0 aliphatic heterocycles. The average Bonchev–Trinajstić information content (AvgIpc) is 3.44. The first-order valence-electron chi connectivity index (χ1n) is 14.5. The van der Waals surface area contributed by atoms with E-state index in [0.717, 1.165) is 28.6 Å². The Kier molecular flexibility index (Phi) is 9.19. The summed E-state index contributed by atoms with van der Waals surface area (Å²) in [5, 5.41) is 2.73. The molecule has 0 radical (unpaired) electrons. The van der Waals surface area contributed by atoms with Crippen LogP contribution < -0.4 is 5.32 Å². The van der Waals surface area contributed by atoms with Crippen LogP contribution >= 0.6 is 11.3 Å². The van der Waals surface area contributed by atoms with Crippen LogP contribution in [0.15, 0.2) is 83.9 Å². The Morgan fingerprint density at radius 2 is 1.57 bits per heavy atom. The molecule has 11 heteroatoms. The average molecular weight is 664 g/mol. The summed E-state index contributed by atoms with van der Waals surface area (Å²) in [6.45, 7) is 10.1. The molecule has 0 fully saturated rings. The molecule has 2 aromatic heterocycles. The highest BCUT2D eigenvalue weighted by molar-refractivity contribution is 7.90. The van der Waals surface area contributed by atoms with E-state index in [4.69, 9.17) is 0 Å². The van der Waals surface area contributed by atoms with Crippen molar-refractivity contribution in [3.63, 3.8) is 0 Å². The molecule has 1 amide bonds. The van der Waals surface area contributed by atoms with Crippen LogP contribution in [0.3, 0.4) is 0 Å². The number of nitrogens with zero attached hydrogens (tertiary/aromatic N) is 2. The molecule has 238 valence electrons. The number of rotatable bonds is 8. The van der Waals surface area contributed by atoms with Crippen molar-refractivity contribution in [3.8, 4) is 21.7 Å². The normalized spacial score (nSPS) is 12.0. The number of benzene rings is 3. The Hall–Kier alpha value is -4.35. The fourth-order valence-corrected chi connectivity index (χ4v) is 7.55. The topological polar surface area (TPSA) is 89.0 Å². The quantitative estimate of drug-likeness (QED) is 0.179. The van der Waals surface area contributed by atoms with Gasteiger partial charge in [-0.05, 0) is 53.3 Å². The molecule has 0 atom stereocenters. The van der Waals surface area contributed by atoms with Crippen molar-refractivity contribution in [1.29, 1.82) is 0 Å². The van der Waals surface area contributed by atoms with Crippen molar-refractivity contribution in [2.45, 2.75) is 56.6 Å². The molecule has 5 aromatic rings. The number of thiophene rings is 1. The number of carbonyl (C=O) groups excluding carboxylic acids is 1. The molecule has 0 aliphatic carbocycles. The van der Waals surface area contributed by atoms with Crippen LogP contribution in [0.1, 0.15) is 66.9 Å². The zero-order valence-electron chi connectivity index (χ0n) is 25.9. The minimum atomic E-state index is -4.57. The van der Waals surface area contributed by atoms with Gasteiger partial charge >= 0.3 is 0 Å². The van der Waals surface area contributed by atoms with E-state index in [1.165, 1.54) is 35.7 Å². The van der Waals surface area contributed by atoms with E-state index in [1.54, 1.807) is 18.2 Å². The van der Waals surface area contributed by atoms with Crippen LogP contribution in [0.2, 0.25) is 0 Å². The number of carbonyl (C=O) groups is 1. The lowest BCUT2D eigenvalue weighted by molar-refractivity contribution is 0.102. The Balaban J connectivity index is 1.53. The molecular weight excluding hydrogens is 632 g/mol. The van der Waals surface area contributed by atoms with Crippen molar-refractivity contribution in [1.82, 2.24) is 9.97 Å². The molecular formula is C35H32F3N3O3S2. The van der Waals surface area contributed by atoms with Crippen molar-refractivity contribution < 1.29 is 26.4 Å². The lowest BCUT2D eigenvalue weighted by Gasteiger charge is -2.15. The summed E-state index contributed by atoms with van der Waals surface area (Å²) in [5.41, 5.74) is 1.93. The van der Waals surface area contributed by atoms with E-state index in [9.17, 15) is 22.0 Å². The van der Waals surface area contributed by atoms with Gasteiger partial charge in [0.25, 0.3) is 5.91 Å². The number of amides is 1. The predicted octanol–water partition coefficient (Wildman–Crippen LogP) is 8.94. The third kappa shape index (κ3) is 6.90. The zero-order valence-corrected chi connectivity index (χ0v) is 27.5. The third-order valence-corrected chi connectivity index (χ3v) is 10.7. The Labute approximate surface area is 270 Å². The third-order valence-electron chi connectivity index (χ3n) is 7.37. The van der Waals surface area contributed by atoms with Gasteiger partial charge in [0.2, 0.25) is 5.95 Å². The number of aromatic nitrogens is 2. The van der Waals surface area contributed by atoms with Crippen molar-refractivity contribution in [3.05, 3.63) is 118 Å². The van der Waals surface area contributed by atoms with Gasteiger partial charge in [0, 0.05) is 33.3 Å². The summed E-state index contributed by atoms with van der Waals surface area (Å²) in [6, 6.07) is 17.7. The molecule has 5 rings (SSSR count). The number of halogens is 3. The summed E-state index contributed by atoms with van der Waals surface area (Å²) in [5.74, 6) is -4.29. The molecule has 46 heavy (non-hydrogen) atoms. The lowest BCUT2D eigenvalue weighted by Crippen LogP contribution is -2.14. The van der Waals surface area contributed by atoms with Crippen molar-refractivity contribution in [2.75, 3.05) is 5.32 Å². The van der Waals surface area contributed by atoms with Crippen LogP contribution in [0.5, 0.6) is 0 Å². The molecule has 1 N–H and O–H groups in total. The van der Waals surface area contributed by atoms with E-state index in [2.05, 4.69) is 29.1 Å². The predicted molar refractivity (Wildman–Crippen MR) is 175 cm³/mol. The van der Waals surface area contributed by atoms with Crippen LogP contribution in [0.25, 0.3) is 21.7 Å². The molecule has 2 heterocycles. The van der Waals surface area contributed by atoms with Gasteiger partial charge in [-0.2, -0.15) is 0 Å². The van der Waals surface area contributed by atoms with E-state index < -0.39 is 37.9 Å². The van der Waals surface area contributed by atoms with E-state index >= 15 is 4.39 Å². The molecule has 0 unspecified atom stereocenters. The van der Waals surface area contributed by atoms with Crippen LogP contribution in [0, 0.1) is 17.5 Å². The van der Waals surface area contributed by atoms with Gasteiger partial charge in [-0.1, -0.05) is 71.0 Å². The number of hydrogen-bond donors (Lipinski definition) is 1. The monoisotopic (exact) mass is 663 g/mol. The van der Waals surface area contributed by atoms with Gasteiger partial charge in [0.15, 0.2) is 9.84 Å². The summed E-state index contributed by atoms with van der Waals surface area (Å²) in [6.07, 6.45) is 1.49. The summed E-state index contributed by atoms with van der Waals surface area (Å²) in [4.78, 5) is 22.1. The van der Waals surface area contributed by atoms with Crippen molar-refractivity contribution >= 4 is 33.0 Å². The second-order valence-electron chi connectivity index (χ2n) is 12.2. The smallest absolute Gasteiger partial charge is 0.258 e. The maximum atomic E-state index is 16.2. The Morgan fingerprint density at radius 3 is 2.20 bits per heavy atom. The first-order chi connectivity index (χ1) is 21.7. The number of anilines is 1. The Morgan fingerprint density at radius 1 is 0.913 bits per heavy atom. The van der Waals surface area contributed by atoms with Gasteiger partial charge in [0.1, 0.15) is 22.3 Å². The fourth-order valence-electron chi connectivity index (χ4n) is 4.85. The van der Waals surface area contributed by atoms with Gasteiger partial charge in [-0.3, -0.25) is 10.1 Å². The molecule has 3 aromatic carbocycles. The van der Waals surface area contributed by atoms with Gasteiger partial charge in [-0.15, -0.1) is 11.3 Å². The van der Waals surface area contributed by atoms with Gasteiger partial charge < -0.3 is 0 Å². The summed E-state index contributed by atoms with van der Waals surface area (Å²) >= 11 is 1.38. The molecule has 0 bridgehead atoms. The number of nitrogens with one attached hydrogen (secondary N) is 1. The lowest BCUT2D eigenvalue weighted by atomic mass is 9.92. The minimum absolute atomic E-state index is 0.0549. The van der Waals surface area contributed by atoms with E-state index in [-0.39, 0.29) is 28.4 Å². The first-order valence-corrected chi connectivity index (χ1v) is 17.0. The van der Waals surface area contributed by atoms with Gasteiger partial charge in [0.05, 0.1) is 16.3 Å². The molecule has 0 spiro atoms. The molecule has 0 saturated carbocycles. The highest BCUT2D eigenvalue weighted by atomic mass is 32.2. The second-order valence-corrected chi connectivity index (χ2v) is 15.2. The second kappa shape index (κ2) is 12.8. The number of hydrogen-bond acceptors (Lipinski definition) is 6. The van der Waals surface area contributed by atoms with Crippen LogP contribution in [-0.2, 0) is 21.0 Å². The van der Waals surface area contributed by atoms with Crippen molar-refractivity contribution in [2.24, 2.45) is 0 Å². The maximum absolute atomic E-state index is 16.2. The standard InChI is InChI=1S/C35H32F3N3O3S2/c1-20(2)21-12-14-22(15-13-21)33(42)41-34-39-17-16-28(40-34)31-25(18-29(45-31)35(3,4)5)24-9-6-8-23(30(24)38)19-46(43,44)32-26(36)10-7-11-27(32)37/h6-18,20H,19H2,1-5H3,(H,39,40,41,42). The van der Waals surface area contributed by atoms with Crippen LogP contribution in [0.4, 0.5) is 19.1 Å². The largest absolute Gasteiger partial charge is 0.290 e. The first kappa shape index (κ1) is 33.0. The summed E-state index contributed by atoms with van der Waals surface area (Å²) < 4.78 is 71.0. The fraction of sp³-hybridized carbons (Fsp3) is 0.229. The number of sulfone groups is 1. The van der Waals surface area contributed by atoms with Crippen LogP contribution in [-0.4, -0.2) is 24.3 Å². The Bertz CT molecular complexity index is 2010. The zero-order chi connectivity index (χ0) is 33.4. The maximum Gasteiger partial charge on any atom is 0.258 e. The molecule has 6 nitrogen and oxygen atoms in total. The van der Waals surface area contributed by atoms with E-state index in [1.807, 2.05) is 39.0 Å². The van der Waals surface area contributed by atoms with Gasteiger partial charge in [-0.25, -0.2) is 31.6 Å². The minimum Gasteiger partial charge on any atom is -0.290 e. The SMILES string of the molecule is CC(C)c1ccc(C(=O)Nc2nccc(-c3sc(C(C)(C)C)cc3-c3cccc(CS(=O)(=O)c4c(F)cccc4F)c3F)n2)cc1. The summed E-state index contributed by atoms with van der Waals surface area (Å²) in [7, 11) is -4.57. The molecule has 0 aliphatic rings. The van der Waals surface area contributed by atoms with E-state index in [0.29, 0.717) is 27.6 Å². The highest BCUT2D eigenvalue weighted by Crippen LogP contribution is 2.44.